The van der Waals surface area contributed by atoms with Crippen molar-refractivity contribution in [2.45, 2.75) is 43.5 Å². The van der Waals surface area contributed by atoms with Gasteiger partial charge in [0.25, 0.3) is 0 Å². The van der Waals surface area contributed by atoms with E-state index < -0.39 is 10.0 Å². The highest BCUT2D eigenvalue weighted by atomic mass is 79.9. The second-order valence-electron chi connectivity index (χ2n) is 6.79. The average Bonchev–Trinajstić information content (AvgIpc) is 3.40. The van der Waals surface area contributed by atoms with E-state index in [4.69, 9.17) is 0 Å². The number of hydrogen-bond donors (Lipinski definition) is 1. The summed E-state index contributed by atoms with van der Waals surface area (Å²) in [7, 11) is -3.55. The van der Waals surface area contributed by atoms with Crippen molar-refractivity contribution in [2.24, 2.45) is 11.8 Å². The van der Waals surface area contributed by atoms with Crippen molar-refractivity contribution < 1.29 is 13.2 Å². The molecule has 0 aromatic heterocycles. The van der Waals surface area contributed by atoms with E-state index in [9.17, 15) is 13.2 Å². The number of nitrogens with one attached hydrogen (secondary N) is 1. The normalized spacial score (nSPS) is 23.7. The lowest BCUT2D eigenvalue weighted by Crippen LogP contribution is -2.47. The van der Waals surface area contributed by atoms with Crippen molar-refractivity contribution >= 4 is 31.9 Å². The molecule has 1 N–H and O–H groups in total. The average molecular weight is 415 g/mol. The Balaban J connectivity index is 1.67. The summed E-state index contributed by atoms with van der Waals surface area (Å²) in [5.41, 5.74) is 0. The molecule has 1 aliphatic heterocycles. The van der Waals surface area contributed by atoms with Crippen LogP contribution in [0.15, 0.2) is 33.6 Å². The topological polar surface area (TPSA) is 66.5 Å². The first-order valence-electron chi connectivity index (χ1n) is 8.44. The summed E-state index contributed by atoms with van der Waals surface area (Å²) in [6, 6.07) is 6.82. The molecule has 3 rings (SSSR count). The molecule has 0 spiro atoms. The molecule has 24 heavy (non-hydrogen) atoms. The minimum absolute atomic E-state index is 0.00916. The van der Waals surface area contributed by atoms with Gasteiger partial charge in [-0.05, 0) is 62.8 Å². The van der Waals surface area contributed by atoms with Gasteiger partial charge in [0.2, 0.25) is 15.9 Å². The third-order valence-corrected chi connectivity index (χ3v) is 7.31. The van der Waals surface area contributed by atoms with Gasteiger partial charge in [-0.1, -0.05) is 15.9 Å². The Morgan fingerprint density at radius 2 is 1.92 bits per heavy atom. The van der Waals surface area contributed by atoms with Crippen molar-refractivity contribution in [1.29, 1.82) is 0 Å². The summed E-state index contributed by atoms with van der Waals surface area (Å²) >= 11 is 3.32. The lowest BCUT2D eigenvalue weighted by Gasteiger charge is -2.32. The number of carbonyl (C=O) groups is 1. The number of rotatable bonds is 5. The molecule has 1 saturated heterocycles. The van der Waals surface area contributed by atoms with E-state index in [0.717, 1.165) is 10.9 Å². The van der Waals surface area contributed by atoms with Crippen LogP contribution in [0.1, 0.15) is 32.6 Å². The van der Waals surface area contributed by atoms with Gasteiger partial charge in [-0.15, -0.1) is 0 Å². The van der Waals surface area contributed by atoms with Crippen LogP contribution in [0.25, 0.3) is 0 Å². The summed E-state index contributed by atoms with van der Waals surface area (Å²) in [4.78, 5) is 12.7. The van der Waals surface area contributed by atoms with Crippen LogP contribution < -0.4 is 5.32 Å². The van der Waals surface area contributed by atoms with Crippen molar-refractivity contribution in [3.8, 4) is 0 Å². The maximum absolute atomic E-state index is 12.8. The minimum Gasteiger partial charge on any atom is -0.353 e. The molecular formula is C17H23BrN2O3S. The highest BCUT2D eigenvalue weighted by molar-refractivity contribution is 9.10. The van der Waals surface area contributed by atoms with Gasteiger partial charge in [0, 0.05) is 23.6 Å². The van der Waals surface area contributed by atoms with Crippen LogP contribution in [-0.4, -0.2) is 37.8 Å². The molecule has 7 heteroatoms. The first-order valence-corrected chi connectivity index (χ1v) is 10.7. The summed E-state index contributed by atoms with van der Waals surface area (Å²) in [5, 5.41) is 3.06. The molecule has 2 atom stereocenters. The Kier molecular flexibility index (Phi) is 5.32. The molecule has 2 aliphatic rings. The Hall–Kier alpha value is -0.920. The zero-order valence-corrected chi connectivity index (χ0v) is 16.1. The first-order chi connectivity index (χ1) is 11.4. The Morgan fingerprint density at radius 3 is 2.54 bits per heavy atom. The van der Waals surface area contributed by atoms with Crippen LogP contribution >= 0.6 is 15.9 Å². The number of nitrogens with zero attached hydrogens (tertiary/aromatic N) is 1. The highest BCUT2D eigenvalue weighted by Gasteiger charge is 2.35. The molecule has 2 unspecified atom stereocenters. The molecule has 0 bridgehead atoms. The molecule has 2 fully saturated rings. The SMILES string of the molecule is CC(NC(=O)C1CCCN(S(=O)(=O)c2ccc(Br)cc2)C1)C1CC1. The fraction of sp³-hybridized carbons (Fsp3) is 0.588. The molecule has 1 aromatic rings. The molecule has 1 aromatic carbocycles. The predicted octanol–water partition coefficient (Wildman–Crippen LogP) is 2.76. The van der Waals surface area contributed by atoms with E-state index in [1.165, 1.54) is 17.1 Å². The maximum atomic E-state index is 12.8. The van der Waals surface area contributed by atoms with E-state index >= 15 is 0 Å². The molecule has 0 radical (unpaired) electrons. The van der Waals surface area contributed by atoms with E-state index in [1.807, 2.05) is 6.92 Å². The third-order valence-electron chi connectivity index (χ3n) is 4.91. The van der Waals surface area contributed by atoms with Crippen LogP contribution in [-0.2, 0) is 14.8 Å². The summed E-state index contributed by atoms with van der Waals surface area (Å²) < 4.78 is 27.9. The zero-order chi connectivity index (χ0) is 17.3. The van der Waals surface area contributed by atoms with Gasteiger partial charge in [-0.25, -0.2) is 8.42 Å². The van der Waals surface area contributed by atoms with Gasteiger partial charge in [-0.3, -0.25) is 4.79 Å². The number of carbonyl (C=O) groups excluding carboxylic acids is 1. The van der Waals surface area contributed by atoms with Gasteiger partial charge in [-0.2, -0.15) is 4.31 Å². The van der Waals surface area contributed by atoms with Crippen molar-refractivity contribution in [3.63, 3.8) is 0 Å². The van der Waals surface area contributed by atoms with Crippen LogP contribution in [0.5, 0.6) is 0 Å². The van der Waals surface area contributed by atoms with E-state index in [1.54, 1.807) is 24.3 Å². The highest BCUT2D eigenvalue weighted by Crippen LogP contribution is 2.32. The van der Waals surface area contributed by atoms with E-state index in [-0.39, 0.29) is 29.3 Å². The van der Waals surface area contributed by atoms with Gasteiger partial charge in [0.1, 0.15) is 0 Å². The first kappa shape index (κ1) is 17.9. The summed E-state index contributed by atoms with van der Waals surface area (Å²) in [6.45, 7) is 2.77. The van der Waals surface area contributed by atoms with Crippen LogP contribution in [0.4, 0.5) is 0 Å². The summed E-state index contributed by atoms with van der Waals surface area (Å²) in [5.74, 6) is 0.329. The fourth-order valence-corrected chi connectivity index (χ4v) is 4.97. The largest absolute Gasteiger partial charge is 0.353 e. The summed E-state index contributed by atoms with van der Waals surface area (Å²) in [6.07, 6.45) is 3.81. The van der Waals surface area contributed by atoms with Crippen LogP contribution in [0, 0.1) is 11.8 Å². The molecular weight excluding hydrogens is 392 g/mol. The van der Waals surface area contributed by atoms with Gasteiger partial charge in [0.05, 0.1) is 10.8 Å². The fourth-order valence-electron chi connectivity index (χ4n) is 3.19. The zero-order valence-electron chi connectivity index (χ0n) is 13.7. The van der Waals surface area contributed by atoms with Crippen LogP contribution in [0.2, 0.25) is 0 Å². The van der Waals surface area contributed by atoms with Crippen LogP contribution in [0.3, 0.4) is 0 Å². The molecule has 1 amide bonds. The lowest BCUT2D eigenvalue weighted by molar-refractivity contribution is -0.126. The smallest absolute Gasteiger partial charge is 0.243 e. The van der Waals surface area contributed by atoms with Gasteiger partial charge >= 0.3 is 0 Å². The third kappa shape index (κ3) is 4.00. The second kappa shape index (κ2) is 7.14. The Morgan fingerprint density at radius 1 is 1.25 bits per heavy atom. The number of halogens is 1. The number of amides is 1. The van der Waals surface area contributed by atoms with Gasteiger partial charge in [0.15, 0.2) is 0 Å². The van der Waals surface area contributed by atoms with Crippen molar-refractivity contribution in [1.82, 2.24) is 9.62 Å². The molecule has 1 saturated carbocycles. The number of benzene rings is 1. The Labute approximate surface area is 152 Å². The second-order valence-corrected chi connectivity index (χ2v) is 9.64. The van der Waals surface area contributed by atoms with Crippen molar-refractivity contribution in [2.75, 3.05) is 13.1 Å². The van der Waals surface area contributed by atoms with Gasteiger partial charge < -0.3 is 5.32 Å². The molecule has 1 heterocycles. The maximum Gasteiger partial charge on any atom is 0.243 e. The van der Waals surface area contributed by atoms with E-state index in [2.05, 4.69) is 21.2 Å². The quantitative estimate of drug-likeness (QED) is 0.805. The molecule has 5 nitrogen and oxygen atoms in total. The predicted molar refractivity (Wildman–Crippen MR) is 96.0 cm³/mol. The Bertz CT molecular complexity index is 701. The molecule has 1 aliphatic carbocycles. The number of sulfonamides is 1. The van der Waals surface area contributed by atoms with E-state index in [0.29, 0.717) is 18.9 Å². The standard InChI is InChI=1S/C17H23BrN2O3S/c1-12(13-4-5-13)19-17(21)14-3-2-10-20(11-14)24(22,23)16-8-6-15(18)7-9-16/h6-9,12-14H,2-5,10-11H2,1H3,(H,19,21). The van der Waals surface area contributed by atoms with Crippen molar-refractivity contribution in [3.05, 3.63) is 28.7 Å². The minimum atomic E-state index is -3.55. The number of piperidine rings is 1. The molecule has 132 valence electrons. The number of hydrogen-bond acceptors (Lipinski definition) is 3. The lowest BCUT2D eigenvalue weighted by atomic mass is 9.98. The monoisotopic (exact) mass is 414 g/mol.